The third-order valence-electron chi connectivity index (χ3n) is 1.43. The Balaban J connectivity index is 3.42. The van der Waals surface area contributed by atoms with Gasteiger partial charge < -0.3 is 4.98 Å². The summed E-state index contributed by atoms with van der Waals surface area (Å²) in [7, 11) is 0. The monoisotopic (exact) mass is 224 g/mol. The summed E-state index contributed by atoms with van der Waals surface area (Å²) in [6.07, 6.45) is -3.07. The van der Waals surface area contributed by atoms with Crippen LogP contribution in [0.25, 0.3) is 0 Å². The Labute approximate surface area is 80.5 Å². The van der Waals surface area contributed by atoms with Crippen LogP contribution in [0.15, 0.2) is 10.9 Å². The van der Waals surface area contributed by atoms with Crippen LogP contribution in [-0.4, -0.2) is 9.91 Å². The van der Waals surface area contributed by atoms with E-state index in [1.54, 1.807) is 4.98 Å². The van der Waals surface area contributed by atoms with E-state index < -0.39 is 33.3 Å². The van der Waals surface area contributed by atoms with Crippen molar-refractivity contribution in [2.45, 2.75) is 6.43 Å². The highest BCUT2D eigenvalue weighted by atomic mass is 35.5. The smallest absolute Gasteiger partial charge is 0.305 e. The van der Waals surface area contributed by atoms with Crippen molar-refractivity contribution in [3.05, 3.63) is 37.3 Å². The van der Waals surface area contributed by atoms with Gasteiger partial charge in [0.05, 0.1) is 10.5 Å². The highest BCUT2D eigenvalue weighted by molar-refractivity contribution is 6.31. The summed E-state index contributed by atoms with van der Waals surface area (Å²) in [5.74, 6) is 0. The van der Waals surface area contributed by atoms with E-state index in [1.807, 2.05) is 0 Å². The largest absolute Gasteiger partial charge is 0.307 e. The second kappa shape index (κ2) is 3.70. The van der Waals surface area contributed by atoms with Gasteiger partial charge in [0.15, 0.2) is 5.15 Å². The molecular weight excluding hydrogens is 222 g/mol. The van der Waals surface area contributed by atoms with Crippen molar-refractivity contribution in [1.29, 1.82) is 0 Å². The molecule has 76 valence electrons. The lowest BCUT2D eigenvalue weighted by Gasteiger charge is -1.99. The average molecular weight is 225 g/mol. The van der Waals surface area contributed by atoms with E-state index in [-0.39, 0.29) is 0 Å². The molecule has 0 atom stereocenters. The fraction of sp³-hybridized carbons (Fsp3) is 0.167. The summed E-state index contributed by atoms with van der Waals surface area (Å²) in [5, 5.41) is 9.70. The fourth-order valence-corrected chi connectivity index (χ4v) is 1.02. The first kappa shape index (κ1) is 10.6. The van der Waals surface area contributed by atoms with Crippen LogP contribution in [0.3, 0.4) is 0 Å². The maximum absolute atomic E-state index is 12.1. The number of pyridine rings is 1. The van der Waals surface area contributed by atoms with Gasteiger partial charge in [0.2, 0.25) is 0 Å². The van der Waals surface area contributed by atoms with Gasteiger partial charge in [-0.05, 0) is 0 Å². The van der Waals surface area contributed by atoms with Gasteiger partial charge in [-0.25, -0.2) is 8.78 Å². The molecule has 0 bridgehead atoms. The number of rotatable bonds is 2. The zero-order chi connectivity index (χ0) is 10.9. The van der Waals surface area contributed by atoms with Crippen LogP contribution in [-0.2, 0) is 0 Å². The van der Waals surface area contributed by atoms with Crippen molar-refractivity contribution in [1.82, 2.24) is 4.98 Å². The molecule has 1 aromatic rings. The van der Waals surface area contributed by atoms with Crippen molar-refractivity contribution in [3.63, 3.8) is 0 Å². The van der Waals surface area contributed by atoms with E-state index in [9.17, 15) is 23.7 Å². The molecule has 0 aliphatic carbocycles. The summed E-state index contributed by atoms with van der Waals surface area (Å²) in [6, 6.07) is 0.464. The lowest BCUT2D eigenvalue weighted by Crippen LogP contribution is -2.14. The number of nitrogens with zero attached hydrogens (tertiary/aromatic N) is 1. The van der Waals surface area contributed by atoms with Crippen LogP contribution in [0.4, 0.5) is 14.5 Å². The SMILES string of the molecule is O=c1[nH]c(Cl)c([N+](=O)[O-])cc1C(F)F. The van der Waals surface area contributed by atoms with Crippen molar-refractivity contribution in [2.75, 3.05) is 0 Å². The number of nitrogens with one attached hydrogen (secondary N) is 1. The first-order valence-electron chi connectivity index (χ1n) is 3.28. The number of aromatic amines is 1. The van der Waals surface area contributed by atoms with Gasteiger partial charge in [-0.1, -0.05) is 11.6 Å². The molecule has 1 rings (SSSR count). The van der Waals surface area contributed by atoms with Crippen LogP contribution in [0.1, 0.15) is 12.0 Å². The molecule has 1 aromatic heterocycles. The van der Waals surface area contributed by atoms with E-state index in [2.05, 4.69) is 0 Å². The molecule has 0 amide bonds. The molecule has 0 spiro atoms. The average Bonchev–Trinajstić information content (AvgIpc) is 2.02. The fourth-order valence-electron chi connectivity index (χ4n) is 0.807. The van der Waals surface area contributed by atoms with E-state index in [0.29, 0.717) is 6.07 Å². The topological polar surface area (TPSA) is 76.0 Å². The molecule has 14 heavy (non-hydrogen) atoms. The molecule has 1 N–H and O–H groups in total. The lowest BCUT2D eigenvalue weighted by molar-refractivity contribution is -0.385. The maximum Gasteiger partial charge on any atom is 0.305 e. The lowest BCUT2D eigenvalue weighted by atomic mass is 10.3. The molecule has 8 heteroatoms. The zero-order valence-electron chi connectivity index (χ0n) is 6.46. The van der Waals surface area contributed by atoms with E-state index in [0.717, 1.165) is 0 Å². The number of halogens is 3. The van der Waals surface area contributed by atoms with Gasteiger partial charge >= 0.3 is 5.69 Å². The normalized spacial score (nSPS) is 10.6. The Hall–Kier alpha value is -1.50. The van der Waals surface area contributed by atoms with Crippen LogP contribution in [0, 0.1) is 10.1 Å². The predicted molar refractivity (Wildman–Crippen MR) is 43.7 cm³/mol. The molecule has 0 radical (unpaired) electrons. The minimum Gasteiger partial charge on any atom is -0.307 e. The second-order valence-electron chi connectivity index (χ2n) is 2.31. The maximum atomic E-state index is 12.1. The molecule has 5 nitrogen and oxygen atoms in total. The van der Waals surface area contributed by atoms with Crippen molar-refractivity contribution < 1.29 is 13.7 Å². The van der Waals surface area contributed by atoms with E-state index >= 15 is 0 Å². The van der Waals surface area contributed by atoms with Crippen LogP contribution in [0.2, 0.25) is 5.15 Å². The third-order valence-corrected chi connectivity index (χ3v) is 1.72. The molecule has 0 saturated carbocycles. The molecule has 0 unspecified atom stereocenters. The molecule has 0 aromatic carbocycles. The summed E-state index contributed by atoms with van der Waals surface area (Å²) in [6.45, 7) is 0. The van der Waals surface area contributed by atoms with Crippen LogP contribution in [0.5, 0.6) is 0 Å². The molecule has 0 aliphatic rings. The van der Waals surface area contributed by atoms with E-state index in [4.69, 9.17) is 11.6 Å². The highest BCUT2D eigenvalue weighted by Gasteiger charge is 2.21. The second-order valence-corrected chi connectivity index (χ2v) is 2.69. The minimum atomic E-state index is -3.07. The number of hydrogen-bond donors (Lipinski definition) is 1. The summed E-state index contributed by atoms with van der Waals surface area (Å²) in [4.78, 5) is 21.9. The highest BCUT2D eigenvalue weighted by Crippen LogP contribution is 2.24. The number of hydrogen-bond acceptors (Lipinski definition) is 3. The Morgan fingerprint density at radius 1 is 1.57 bits per heavy atom. The van der Waals surface area contributed by atoms with Gasteiger partial charge in [-0.2, -0.15) is 0 Å². The Kier molecular flexibility index (Phi) is 2.80. The quantitative estimate of drug-likeness (QED) is 0.473. The first-order chi connectivity index (χ1) is 6.43. The van der Waals surface area contributed by atoms with Crippen molar-refractivity contribution in [3.8, 4) is 0 Å². The predicted octanol–water partition coefficient (Wildman–Crippen LogP) is 1.87. The number of alkyl halides is 2. The summed E-state index contributed by atoms with van der Waals surface area (Å²) < 4.78 is 24.2. The Morgan fingerprint density at radius 3 is 2.57 bits per heavy atom. The van der Waals surface area contributed by atoms with Crippen LogP contribution < -0.4 is 5.56 Å². The van der Waals surface area contributed by atoms with E-state index in [1.165, 1.54) is 0 Å². The molecule has 0 fully saturated rings. The molecular formula is C6H3ClF2N2O3. The Bertz CT molecular complexity index is 432. The van der Waals surface area contributed by atoms with Crippen molar-refractivity contribution in [2.24, 2.45) is 0 Å². The third kappa shape index (κ3) is 1.87. The van der Waals surface area contributed by atoms with Gasteiger partial charge in [0.1, 0.15) is 0 Å². The number of aromatic nitrogens is 1. The molecule has 0 saturated heterocycles. The molecule has 1 heterocycles. The molecule has 0 aliphatic heterocycles. The van der Waals surface area contributed by atoms with Gasteiger partial charge in [0, 0.05) is 6.07 Å². The van der Waals surface area contributed by atoms with Crippen molar-refractivity contribution >= 4 is 17.3 Å². The van der Waals surface area contributed by atoms with Gasteiger partial charge in [-0.3, -0.25) is 14.9 Å². The Morgan fingerprint density at radius 2 is 2.14 bits per heavy atom. The summed E-state index contributed by atoms with van der Waals surface area (Å²) in [5.41, 5.74) is -2.85. The zero-order valence-corrected chi connectivity index (χ0v) is 7.22. The summed E-state index contributed by atoms with van der Waals surface area (Å²) >= 11 is 5.26. The standard InChI is InChI=1S/C6H3ClF2N2O3/c7-4-3(11(13)14)1-2(5(8)9)6(12)10-4/h1,5H,(H,10,12). The van der Waals surface area contributed by atoms with Crippen LogP contribution >= 0.6 is 11.6 Å². The number of H-pyrrole nitrogens is 1. The number of nitro groups is 1. The first-order valence-corrected chi connectivity index (χ1v) is 3.66. The van der Waals surface area contributed by atoms with Gasteiger partial charge in [-0.15, -0.1) is 0 Å². The minimum absolute atomic E-state index is 0.464. The van der Waals surface area contributed by atoms with Gasteiger partial charge in [0.25, 0.3) is 12.0 Å².